The van der Waals surface area contributed by atoms with Gasteiger partial charge < -0.3 is 24.6 Å². The number of aryl methyl sites for hydroxylation is 1. The van der Waals surface area contributed by atoms with Crippen molar-refractivity contribution in [1.29, 1.82) is 0 Å². The Labute approximate surface area is 223 Å². The molecule has 1 aromatic carbocycles. The molecule has 5 rings (SSSR count). The van der Waals surface area contributed by atoms with Gasteiger partial charge >= 0.3 is 6.03 Å². The highest BCUT2D eigenvalue weighted by atomic mass is 32.1. The van der Waals surface area contributed by atoms with Crippen LogP contribution in [0.1, 0.15) is 55.8 Å². The number of piperazine rings is 1. The van der Waals surface area contributed by atoms with E-state index in [1.165, 1.54) is 22.2 Å². The molecule has 1 N–H and O–H groups in total. The first-order valence-electron chi connectivity index (χ1n) is 13.3. The maximum atomic E-state index is 13.1. The second-order valence-corrected chi connectivity index (χ2v) is 11.3. The van der Waals surface area contributed by atoms with Crippen molar-refractivity contribution in [3.63, 3.8) is 0 Å². The lowest BCUT2D eigenvalue weighted by atomic mass is 9.89. The lowest BCUT2D eigenvalue weighted by molar-refractivity contribution is 0.208. The van der Waals surface area contributed by atoms with Gasteiger partial charge in [0, 0.05) is 60.9 Å². The number of hydrogen-bond acceptors (Lipinski definition) is 7. The predicted octanol–water partition coefficient (Wildman–Crippen LogP) is 5.70. The minimum atomic E-state index is -0.120. The molecule has 0 radical (unpaired) electrons. The van der Waals surface area contributed by atoms with Gasteiger partial charge in [0.2, 0.25) is 0 Å². The van der Waals surface area contributed by atoms with Crippen molar-refractivity contribution >= 4 is 39.1 Å². The molecule has 2 amide bonds. The molecule has 0 spiro atoms. The Morgan fingerprint density at radius 1 is 1.14 bits per heavy atom. The zero-order valence-electron chi connectivity index (χ0n) is 22.5. The number of thiophene rings is 1. The summed E-state index contributed by atoms with van der Waals surface area (Å²) in [6, 6.07) is 5.26. The number of aromatic nitrogens is 2. The summed E-state index contributed by atoms with van der Waals surface area (Å²) in [6.45, 7) is 9.46. The maximum absolute atomic E-state index is 13.1. The Morgan fingerprint density at radius 3 is 2.49 bits per heavy atom. The number of rotatable bonds is 6. The molecule has 0 bridgehead atoms. The lowest BCUT2D eigenvalue weighted by Gasteiger charge is -2.36. The number of urea groups is 1. The summed E-state index contributed by atoms with van der Waals surface area (Å²) >= 11 is 1.86. The Morgan fingerprint density at radius 2 is 1.84 bits per heavy atom. The van der Waals surface area contributed by atoms with Crippen molar-refractivity contribution in [3.8, 4) is 11.5 Å². The third-order valence-electron chi connectivity index (χ3n) is 7.68. The van der Waals surface area contributed by atoms with E-state index in [4.69, 9.17) is 19.4 Å². The van der Waals surface area contributed by atoms with E-state index in [1.54, 1.807) is 32.4 Å². The van der Waals surface area contributed by atoms with Crippen molar-refractivity contribution in [2.45, 2.75) is 52.4 Å². The van der Waals surface area contributed by atoms with Crippen LogP contribution in [0, 0.1) is 5.92 Å². The molecule has 37 heavy (non-hydrogen) atoms. The molecule has 2 aliphatic rings. The predicted molar refractivity (Wildman–Crippen MR) is 150 cm³/mol. The molecule has 3 heterocycles. The van der Waals surface area contributed by atoms with Gasteiger partial charge in [0.25, 0.3) is 0 Å². The zero-order chi connectivity index (χ0) is 26.1. The number of anilines is 2. The maximum Gasteiger partial charge on any atom is 0.321 e. The van der Waals surface area contributed by atoms with Gasteiger partial charge in [0.1, 0.15) is 28.0 Å². The summed E-state index contributed by atoms with van der Waals surface area (Å²) < 4.78 is 10.7. The molecule has 3 aromatic rings. The topological polar surface area (TPSA) is 79.8 Å². The first kappa shape index (κ1) is 25.6. The molecule has 2 unspecified atom stereocenters. The molecule has 9 heteroatoms. The van der Waals surface area contributed by atoms with Gasteiger partial charge in [-0.15, -0.1) is 11.3 Å². The van der Waals surface area contributed by atoms with Gasteiger partial charge in [0.05, 0.1) is 19.6 Å². The number of fused-ring (bicyclic) bond motifs is 3. The van der Waals surface area contributed by atoms with Crippen LogP contribution >= 0.6 is 11.3 Å². The van der Waals surface area contributed by atoms with Crippen LogP contribution in [0.25, 0.3) is 10.2 Å². The van der Waals surface area contributed by atoms with E-state index in [1.807, 2.05) is 16.2 Å². The van der Waals surface area contributed by atoms with Crippen molar-refractivity contribution in [2.75, 3.05) is 50.6 Å². The average molecular weight is 524 g/mol. The summed E-state index contributed by atoms with van der Waals surface area (Å²) in [7, 11) is 3.20. The number of carbonyl (C=O) groups excluding carboxylic acids is 1. The number of carbonyl (C=O) groups is 1. The lowest BCUT2D eigenvalue weighted by Crippen LogP contribution is -2.50. The third kappa shape index (κ3) is 5.19. The average Bonchev–Trinajstić information content (AvgIpc) is 3.29. The van der Waals surface area contributed by atoms with Gasteiger partial charge in [-0.3, -0.25) is 0 Å². The monoisotopic (exact) mass is 523 g/mol. The Hall–Kier alpha value is -3.07. The van der Waals surface area contributed by atoms with E-state index in [0.29, 0.717) is 36.2 Å². The fourth-order valence-electron chi connectivity index (χ4n) is 5.17. The zero-order valence-corrected chi connectivity index (χ0v) is 23.3. The van der Waals surface area contributed by atoms with E-state index in [9.17, 15) is 4.79 Å². The highest BCUT2D eigenvalue weighted by molar-refractivity contribution is 7.19. The summed E-state index contributed by atoms with van der Waals surface area (Å²) in [5.41, 5.74) is 2.11. The fraction of sp³-hybridized carbons (Fsp3) is 0.536. The number of ether oxygens (including phenoxy) is 2. The second kappa shape index (κ2) is 10.7. The van der Waals surface area contributed by atoms with Crippen LogP contribution in [-0.4, -0.2) is 61.3 Å². The molecule has 198 valence electrons. The van der Waals surface area contributed by atoms with Gasteiger partial charge in [0.15, 0.2) is 0 Å². The number of hydrogen-bond donors (Lipinski definition) is 1. The largest absolute Gasteiger partial charge is 0.497 e. The summed E-state index contributed by atoms with van der Waals surface area (Å²) in [5, 5.41) is 4.25. The smallest absolute Gasteiger partial charge is 0.321 e. The first-order valence-corrected chi connectivity index (χ1v) is 14.1. The molecule has 0 saturated carbocycles. The number of amides is 2. The van der Waals surface area contributed by atoms with E-state index in [0.717, 1.165) is 54.7 Å². The Kier molecular flexibility index (Phi) is 7.42. The standard InChI is InChI=1S/C28H37N5O3S/c1-6-18(3)25-30-26(24-22-8-7-17(2)13-23(22)37-27(24)31-25)32-9-11-33(12-10-32)28(34)29-19-14-20(35-4)16-21(15-19)36-5/h14-18H,6-13H2,1-5H3,(H,29,34). The molecular formula is C28H37N5O3S. The summed E-state index contributed by atoms with van der Waals surface area (Å²) in [5.74, 6) is 4.30. The van der Waals surface area contributed by atoms with Crippen molar-refractivity contribution in [1.82, 2.24) is 14.9 Å². The quantitative estimate of drug-likeness (QED) is 0.446. The van der Waals surface area contributed by atoms with Gasteiger partial charge in [-0.2, -0.15) is 0 Å². The van der Waals surface area contributed by atoms with E-state index < -0.39 is 0 Å². The normalized spacial score (nSPS) is 18.5. The van der Waals surface area contributed by atoms with Crippen LogP contribution in [0.4, 0.5) is 16.3 Å². The van der Waals surface area contributed by atoms with E-state index >= 15 is 0 Å². The minimum absolute atomic E-state index is 0.120. The molecule has 2 atom stereocenters. The van der Waals surface area contributed by atoms with Crippen LogP contribution in [0.5, 0.6) is 11.5 Å². The van der Waals surface area contributed by atoms with Crippen molar-refractivity contribution < 1.29 is 14.3 Å². The van der Waals surface area contributed by atoms with E-state index in [-0.39, 0.29) is 6.03 Å². The highest BCUT2D eigenvalue weighted by Gasteiger charge is 2.29. The van der Waals surface area contributed by atoms with Gasteiger partial charge in [-0.25, -0.2) is 14.8 Å². The number of nitrogens with one attached hydrogen (secondary N) is 1. The van der Waals surface area contributed by atoms with Crippen LogP contribution in [0.2, 0.25) is 0 Å². The van der Waals surface area contributed by atoms with Gasteiger partial charge in [-0.1, -0.05) is 20.8 Å². The first-order chi connectivity index (χ1) is 17.9. The van der Waals surface area contributed by atoms with Crippen LogP contribution in [-0.2, 0) is 12.8 Å². The third-order valence-corrected chi connectivity index (χ3v) is 8.82. The molecule has 1 aliphatic carbocycles. The molecule has 8 nitrogen and oxygen atoms in total. The molecule has 1 aliphatic heterocycles. The van der Waals surface area contributed by atoms with Crippen LogP contribution in [0.15, 0.2) is 18.2 Å². The SMILES string of the molecule is CCC(C)c1nc(N2CCN(C(=O)Nc3cc(OC)cc(OC)c3)CC2)c2c3c(sc2n1)CC(C)CC3. The summed E-state index contributed by atoms with van der Waals surface area (Å²) in [4.78, 5) is 30.1. The number of methoxy groups -OCH3 is 2. The summed E-state index contributed by atoms with van der Waals surface area (Å²) in [6.07, 6.45) is 4.46. The molecular weight excluding hydrogens is 486 g/mol. The number of benzene rings is 1. The van der Waals surface area contributed by atoms with Gasteiger partial charge in [-0.05, 0) is 37.2 Å². The number of nitrogens with zero attached hydrogens (tertiary/aromatic N) is 4. The minimum Gasteiger partial charge on any atom is -0.497 e. The molecule has 1 fully saturated rings. The highest BCUT2D eigenvalue weighted by Crippen LogP contribution is 2.42. The van der Waals surface area contributed by atoms with Crippen LogP contribution < -0.4 is 19.7 Å². The van der Waals surface area contributed by atoms with Crippen molar-refractivity contribution in [3.05, 3.63) is 34.5 Å². The molecule has 1 saturated heterocycles. The molecule has 2 aromatic heterocycles. The van der Waals surface area contributed by atoms with E-state index in [2.05, 4.69) is 31.0 Å². The van der Waals surface area contributed by atoms with Crippen molar-refractivity contribution in [2.24, 2.45) is 5.92 Å². The second-order valence-electron chi connectivity index (χ2n) is 10.3. The van der Waals surface area contributed by atoms with Crippen LogP contribution in [0.3, 0.4) is 0 Å². The Bertz CT molecular complexity index is 1260. The Balaban J connectivity index is 1.36. The fourth-order valence-corrected chi connectivity index (χ4v) is 6.56.